The standard InChI is InChI=1S/C11H19N3.C8H15N.CH4/c1-11(2,3)10-13-7-8-14(10)9-5-4-6-12-9;1-8(2,3)7-5-4-6-9-7;/h4-8H2,1-3H3;4-6H2,1-3H3;1H4. The molecule has 3 heterocycles. The lowest BCUT2D eigenvalue weighted by molar-refractivity contribution is 0.513. The molecule has 0 aromatic rings. The van der Waals surface area contributed by atoms with E-state index in [0.29, 0.717) is 5.41 Å². The molecule has 0 aromatic heterocycles. The number of amidine groups is 2. The fourth-order valence-corrected chi connectivity index (χ4v) is 3.24. The smallest absolute Gasteiger partial charge is 0.110 e. The molecule has 0 fully saturated rings. The second kappa shape index (κ2) is 8.26. The van der Waals surface area contributed by atoms with E-state index in [9.17, 15) is 0 Å². The van der Waals surface area contributed by atoms with Crippen molar-refractivity contribution >= 4 is 17.4 Å². The summed E-state index contributed by atoms with van der Waals surface area (Å²) >= 11 is 0. The van der Waals surface area contributed by atoms with Crippen molar-refractivity contribution < 1.29 is 0 Å². The summed E-state index contributed by atoms with van der Waals surface area (Å²) in [5, 5.41) is 0. The number of hydrogen-bond donors (Lipinski definition) is 0. The van der Waals surface area contributed by atoms with Gasteiger partial charge in [-0.15, -0.1) is 0 Å². The Hall–Kier alpha value is -1.19. The first-order chi connectivity index (χ1) is 10.7. The van der Waals surface area contributed by atoms with E-state index in [0.717, 1.165) is 32.6 Å². The van der Waals surface area contributed by atoms with Gasteiger partial charge in [-0.05, 0) is 24.7 Å². The average Bonchev–Trinajstić information content (AvgIpc) is 3.20. The molecule has 0 spiro atoms. The molecule has 0 unspecified atom stereocenters. The maximum atomic E-state index is 4.59. The molecule has 0 atom stereocenters. The second-order valence-corrected chi connectivity index (χ2v) is 8.69. The van der Waals surface area contributed by atoms with E-state index in [4.69, 9.17) is 0 Å². The Bertz CT molecular complexity index is 501. The molecule has 4 nitrogen and oxygen atoms in total. The second-order valence-electron chi connectivity index (χ2n) is 8.69. The number of nitrogens with zero attached hydrogens (tertiary/aromatic N) is 4. The highest BCUT2D eigenvalue weighted by Gasteiger charge is 2.31. The third kappa shape index (κ3) is 5.42. The van der Waals surface area contributed by atoms with Gasteiger partial charge in [0.05, 0.1) is 6.54 Å². The summed E-state index contributed by atoms with van der Waals surface area (Å²) in [7, 11) is 0. The van der Waals surface area contributed by atoms with Gasteiger partial charge in [0.1, 0.15) is 11.7 Å². The van der Waals surface area contributed by atoms with Gasteiger partial charge in [-0.1, -0.05) is 49.0 Å². The Morgan fingerprint density at radius 1 is 0.750 bits per heavy atom. The number of aliphatic imine (C=N–C) groups is 3. The zero-order valence-corrected chi connectivity index (χ0v) is 15.9. The first-order valence-corrected chi connectivity index (χ1v) is 9.09. The lowest BCUT2D eigenvalue weighted by Crippen LogP contribution is -2.40. The predicted octanol–water partition coefficient (Wildman–Crippen LogP) is 4.84. The Balaban J connectivity index is 0.000000252. The van der Waals surface area contributed by atoms with Crippen molar-refractivity contribution in [3.63, 3.8) is 0 Å². The molecular formula is C20H38N4. The summed E-state index contributed by atoms with van der Waals surface area (Å²) in [6.45, 7) is 17.4. The molecule has 0 bridgehead atoms. The SMILES string of the molecule is C.CC(C)(C)C1=NCCC1.CC(C)(C)C1=NCCN1C1=NCCC1. The van der Waals surface area contributed by atoms with E-state index in [1.54, 1.807) is 0 Å². The van der Waals surface area contributed by atoms with Gasteiger partial charge in [-0.25, -0.2) is 0 Å². The van der Waals surface area contributed by atoms with Crippen molar-refractivity contribution in [3.05, 3.63) is 0 Å². The van der Waals surface area contributed by atoms with Gasteiger partial charge in [0.15, 0.2) is 0 Å². The van der Waals surface area contributed by atoms with E-state index < -0.39 is 0 Å². The van der Waals surface area contributed by atoms with Crippen LogP contribution in [0.4, 0.5) is 0 Å². The zero-order valence-electron chi connectivity index (χ0n) is 15.9. The van der Waals surface area contributed by atoms with Gasteiger partial charge < -0.3 is 4.90 Å². The summed E-state index contributed by atoms with van der Waals surface area (Å²) < 4.78 is 0. The molecule has 0 saturated heterocycles. The van der Waals surface area contributed by atoms with Gasteiger partial charge in [0.25, 0.3) is 0 Å². The van der Waals surface area contributed by atoms with Crippen LogP contribution in [0.5, 0.6) is 0 Å². The normalized spacial score (nSPS) is 20.8. The predicted molar refractivity (Wildman–Crippen MR) is 108 cm³/mol. The molecule has 0 aliphatic carbocycles. The van der Waals surface area contributed by atoms with Gasteiger partial charge in [-0.2, -0.15) is 0 Å². The summed E-state index contributed by atoms with van der Waals surface area (Å²) in [6.07, 6.45) is 4.84. The average molecular weight is 335 g/mol. The minimum absolute atomic E-state index is 0. The van der Waals surface area contributed by atoms with Gasteiger partial charge in [-0.3, -0.25) is 15.0 Å². The van der Waals surface area contributed by atoms with E-state index in [1.165, 1.54) is 36.6 Å². The lowest BCUT2D eigenvalue weighted by atomic mass is 9.88. The summed E-state index contributed by atoms with van der Waals surface area (Å²) in [5.41, 5.74) is 1.89. The fraction of sp³-hybridized carbons (Fsp3) is 0.850. The lowest BCUT2D eigenvalue weighted by Gasteiger charge is -2.28. The van der Waals surface area contributed by atoms with Crippen LogP contribution >= 0.6 is 0 Å². The van der Waals surface area contributed by atoms with Crippen LogP contribution in [-0.2, 0) is 0 Å². The minimum Gasteiger partial charge on any atom is -0.316 e. The van der Waals surface area contributed by atoms with Crippen LogP contribution < -0.4 is 0 Å². The third-order valence-corrected chi connectivity index (χ3v) is 4.42. The van der Waals surface area contributed by atoms with Crippen molar-refractivity contribution in [2.45, 2.75) is 74.7 Å². The topological polar surface area (TPSA) is 40.3 Å². The molecule has 0 saturated carbocycles. The van der Waals surface area contributed by atoms with E-state index in [2.05, 4.69) is 61.4 Å². The summed E-state index contributed by atoms with van der Waals surface area (Å²) in [4.78, 5) is 15.9. The molecule has 0 N–H and O–H groups in total. The number of rotatable bonds is 0. The van der Waals surface area contributed by atoms with Gasteiger partial charge in [0, 0.05) is 37.2 Å². The maximum Gasteiger partial charge on any atom is 0.110 e. The third-order valence-electron chi connectivity index (χ3n) is 4.42. The highest BCUT2D eigenvalue weighted by molar-refractivity contribution is 6.04. The highest BCUT2D eigenvalue weighted by Crippen LogP contribution is 2.25. The molecule has 0 amide bonds. The zero-order chi connectivity index (χ0) is 17.1. The molecule has 24 heavy (non-hydrogen) atoms. The van der Waals surface area contributed by atoms with E-state index in [-0.39, 0.29) is 12.8 Å². The van der Waals surface area contributed by atoms with Crippen LogP contribution in [-0.4, -0.2) is 48.5 Å². The quantitative estimate of drug-likeness (QED) is 0.624. The van der Waals surface area contributed by atoms with Crippen molar-refractivity contribution in [2.24, 2.45) is 25.8 Å². The van der Waals surface area contributed by atoms with Crippen LogP contribution in [0.25, 0.3) is 0 Å². The molecule has 4 heteroatoms. The Kier molecular flexibility index (Phi) is 7.18. The van der Waals surface area contributed by atoms with Crippen LogP contribution in [0.3, 0.4) is 0 Å². The van der Waals surface area contributed by atoms with Gasteiger partial charge >= 0.3 is 0 Å². The molecule has 3 aliphatic heterocycles. The Morgan fingerprint density at radius 2 is 1.38 bits per heavy atom. The molecule has 138 valence electrons. The van der Waals surface area contributed by atoms with Crippen LogP contribution in [0.2, 0.25) is 0 Å². The largest absolute Gasteiger partial charge is 0.316 e. The number of hydrogen-bond acceptors (Lipinski definition) is 4. The van der Waals surface area contributed by atoms with Crippen LogP contribution in [0, 0.1) is 10.8 Å². The first kappa shape index (κ1) is 20.9. The first-order valence-electron chi connectivity index (χ1n) is 9.09. The van der Waals surface area contributed by atoms with Crippen molar-refractivity contribution in [3.8, 4) is 0 Å². The Morgan fingerprint density at radius 3 is 1.79 bits per heavy atom. The van der Waals surface area contributed by atoms with Crippen molar-refractivity contribution in [2.75, 3.05) is 26.2 Å². The van der Waals surface area contributed by atoms with Crippen LogP contribution in [0.15, 0.2) is 15.0 Å². The van der Waals surface area contributed by atoms with Crippen molar-refractivity contribution in [1.82, 2.24) is 4.90 Å². The molecule has 3 rings (SSSR count). The molecule has 0 aromatic carbocycles. The van der Waals surface area contributed by atoms with E-state index >= 15 is 0 Å². The summed E-state index contributed by atoms with van der Waals surface area (Å²) in [5.74, 6) is 2.48. The van der Waals surface area contributed by atoms with Crippen LogP contribution in [0.1, 0.15) is 74.7 Å². The van der Waals surface area contributed by atoms with E-state index in [1.807, 2.05) is 0 Å². The monoisotopic (exact) mass is 334 g/mol. The van der Waals surface area contributed by atoms with Crippen molar-refractivity contribution in [1.29, 1.82) is 0 Å². The minimum atomic E-state index is 0. The molecule has 0 radical (unpaired) electrons. The molecular weight excluding hydrogens is 296 g/mol. The summed E-state index contributed by atoms with van der Waals surface area (Å²) in [6, 6.07) is 0. The fourth-order valence-electron chi connectivity index (χ4n) is 3.24. The molecule has 3 aliphatic rings. The van der Waals surface area contributed by atoms with Gasteiger partial charge in [0.2, 0.25) is 0 Å². The Labute approximate surface area is 149 Å². The highest BCUT2D eigenvalue weighted by atomic mass is 15.3. The maximum absolute atomic E-state index is 4.59.